The van der Waals surface area contributed by atoms with Crippen molar-refractivity contribution >= 4 is 11.4 Å². The maximum atomic E-state index is 5.69. The zero-order chi connectivity index (χ0) is 14.4. The van der Waals surface area contributed by atoms with Gasteiger partial charge < -0.3 is 15.4 Å². The lowest BCUT2D eigenvalue weighted by atomic mass is 10.1. The number of nitrogen functional groups attached to an aromatic ring is 1. The number of para-hydroxylation sites is 2. The molecule has 2 N–H and O–H groups in total. The molecule has 3 heteroatoms. The van der Waals surface area contributed by atoms with Crippen LogP contribution in [-0.4, -0.2) is 20.7 Å². The summed E-state index contributed by atoms with van der Waals surface area (Å²) in [6.45, 7) is 0.991. The van der Waals surface area contributed by atoms with Crippen LogP contribution in [0.1, 0.15) is 12.0 Å². The number of methoxy groups -OCH3 is 1. The van der Waals surface area contributed by atoms with Gasteiger partial charge in [-0.2, -0.15) is 0 Å². The molecule has 2 aromatic rings. The Kier molecular flexibility index (Phi) is 4.88. The van der Waals surface area contributed by atoms with Crippen molar-refractivity contribution in [3.63, 3.8) is 0 Å². The third-order valence-electron chi connectivity index (χ3n) is 3.44. The van der Waals surface area contributed by atoms with E-state index in [9.17, 15) is 0 Å². The van der Waals surface area contributed by atoms with Crippen LogP contribution in [0, 0.1) is 0 Å². The largest absolute Gasteiger partial charge is 0.495 e. The maximum absolute atomic E-state index is 5.69. The highest BCUT2D eigenvalue weighted by Gasteiger charge is 2.06. The number of rotatable bonds is 6. The number of nitrogens with two attached hydrogens (primary N) is 1. The van der Waals surface area contributed by atoms with Crippen molar-refractivity contribution in [2.24, 2.45) is 0 Å². The minimum atomic E-state index is 0.819. The summed E-state index contributed by atoms with van der Waals surface area (Å²) in [5, 5.41) is 0. The molecular formula is C17H22N2O. The maximum Gasteiger partial charge on any atom is 0.142 e. The number of nitrogens with zero attached hydrogens (tertiary/aromatic N) is 1. The molecule has 0 unspecified atom stereocenters. The number of aryl methyl sites for hydroxylation is 1. The van der Waals surface area contributed by atoms with E-state index in [2.05, 4.69) is 30.1 Å². The molecule has 0 spiro atoms. The lowest BCUT2D eigenvalue weighted by Gasteiger charge is -2.21. The standard InChI is InChI=1S/C17H22N2O/c1-19(16-7-3-4-8-17(16)20-2)13-5-6-14-9-11-15(18)12-10-14/h3-4,7-12H,5-6,13,18H2,1-2H3. The van der Waals surface area contributed by atoms with Crippen LogP contribution in [0.5, 0.6) is 5.75 Å². The molecule has 0 fully saturated rings. The van der Waals surface area contributed by atoms with Gasteiger partial charge in [-0.15, -0.1) is 0 Å². The van der Waals surface area contributed by atoms with Crippen molar-refractivity contribution in [1.29, 1.82) is 0 Å². The molecule has 0 atom stereocenters. The second-order valence-electron chi connectivity index (χ2n) is 4.94. The van der Waals surface area contributed by atoms with Crippen molar-refractivity contribution in [2.45, 2.75) is 12.8 Å². The highest BCUT2D eigenvalue weighted by atomic mass is 16.5. The van der Waals surface area contributed by atoms with Crippen LogP contribution in [0.2, 0.25) is 0 Å². The van der Waals surface area contributed by atoms with Gasteiger partial charge in [0.1, 0.15) is 5.75 Å². The number of ether oxygens (including phenoxy) is 1. The van der Waals surface area contributed by atoms with Gasteiger partial charge in [0.05, 0.1) is 12.8 Å². The summed E-state index contributed by atoms with van der Waals surface area (Å²) >= 11 is 0. The van der Waals surface area contributed by atoms with Crippen molar-refractivity contribution < 1.29 is 4.74 Å². The van der Waals surface area contributed by atoms with Crippen molar-refractivity contribution in [2.75, 3.05) is 31.3 Å². The number of hydrogen-bond acceptors (Lipinski definition) is 3. The zero-order valence-electron chi connectivity index (χ0n) is 12.2. The Hall–Kier alpha value is -2.16. The molecule has 3 nitrogen and oxygen atoms in total. The van der Waals surface area contributed by atoms with E-state index in [1.165, 1.54) is 5.56 Å². The van der Waals surface area contributed by atoms with Gasteiger partial charge in [-0.05, 0) is 42.7 Å². The van der Waals surface area contributed by atoms with E-state index in [-0.39, 0.29) is 0 Å². The topological polar surface area (TPSA) is 38.5 Å². The first kappa shape index (κ1) is 14.3. The van der Waals surface area contributed by atoms with Crippen molar-refractivity contribution in [3.05, 3.63) is 54.1 Å². The quantitative estimate of drug-likeness (QED) is 0.818. The van der Waals surface area contributed by atoms with E-state index in [1.807, 2.05) is 30.3 Å². The SMILES string of the molecule is COc1ccccc1N(C)CCCc1ccc(N)cc1. The zero-order valence-corrected chi connectivity index (χ0v) is 12.2. The van der Waals surface area contributed by atoms with Crippen LogP contribution in [-0.2, 0) is 6.42 Å². The van der Waals surface area contributed by atoms with E-state index in [1.54, 1.807) is 7.11 Å². The highest BCUT2D eigenvalue weighted by Crippen LogP contribution is 2.26. The summed E-state index contributed by atoms with van der Waals surface area (Å²) in [5.41, 5.74) is 8.97. The first-order valence-corrected chi connectivity index (χ1v) is 6.89. The molecule has 0 heterocycles. The molecule has 0 bridgehead atoms. The lowest BCUT2D eigenvalue weighted by molar-refractivity contribution is 0.415. The molecule has 0 aliphatic rings. The molecule has 0 radical (unpaired) electrons. The Bertz CT molecular complexity index is 537. The van der Waals surface area contributed by atoms with Gasteiger partial charge in [0.2, 0.25) is 0 Å². The van der Waals surface area contributed by atoms with Gasteiger partial charge in [0.25, 0.3) is 0 Å². The molecule has 0 aliphatic carbocycles. The van der Waals surface area contributed by atoms with Gasteiger partial charge >= 0.3 is 0 Å². The average molecular weight is 270 g/mol. The number of benzene rings is 2. The van der Waals surface area contributed by atoms with Gasteiger partial charge in [0.15, 0.2) is 0 Å². The fraction of sp³-hybridized carbons (Fsp3) is 0.294. The molecule has 0 aromatic heterocycles. The molecule has 0 saturated carbocycles. The summed E-state index contributed by atoms with van der Waals surface area (Å²) in [4.78, 5) is 2.23. The smallest absolute Gasteiger partial charge is 0.142 e. The van der Waals surface area contributed by atoms with Gasteiger partial charge in [-0.25, -0.2) is 0 Å². The number of hydrogen-bond donors (Lipinski definition) is 1. The lowest BCUT2D eigenvalue weighted by Crippen LogP contribution is -2.19. The fourth-order valence-corrected chi connectivity index (χ4v) is 2.27. The van der Waals surface area contributed by atoms with Crippen LogP contribution in [0.25, 0.3) is 0 Å². The summed E-state index contributed by atoms with van der Waals surface area (Å²) in [6.07, 6.45) is 2.15. The van der Waals surface area contributed by atoms with E-state index < -0.39 is 0 Å². The molecule has 106 valence electrons. The highest BCUT2D eigenvalue weighted by molar-refractivity contribution is 5.57. The second-order valence-corrected chi connectivity index (χ2v) is 4.94. The minimum absolute atomic E-state index is 0.819. The molecule has 2 rings (SSSR count). The normalized spacial score (nSPS) is 10.3. The second kappa shape index (κ2) is 6.85. The monoisotopic (exact) mass is 270 g/mol. The van der Waals surface area contributed by atoms with Crippen LogP contribution in [0.4, 0.5) is 11.4 Å². The molecule has 0 aliphatic heterocycles. The van der Waals surface area contributed by atoms with Crippen LogP contribution in [0.15, 0.2) is 48.5 Å². The summed E-state index contributed by atoms with van der Waals surface area (Å²) < 4.78 is 5.39. The van der Waals surface area contributed by atoms with Crippen molar-refractivity contribution in [1.82, 2.24) is 0 Å². The van der Waals surface area contributed by atoms with E-state index in [0.717, 1.165) is 36.5 Å². The fourth-order valence-electron chi connectivity index (χ4n) is 2.27. The third-order valence-corrected chi connectivity index (χ3v) is 3.44. The van der Waals surface area contributed by atoms with E-state index in [4.69, 9.17) is 10.5 Å². The average Bonchev–Trinajstić information content (AvgIpc) is 2.49. The van der Waals surface area contributed by atoms with Gasteiger partial charge in [-0.3, -0.25) is 0 Å². The summed E-state index contributed by atoms with van der Waals surface area (Å²) in [5.74, 6) is 0.919. The molecule has 0 amide bonds. The minimum Gasteiger partial charge on any atom is -0.495 e. The Balaban J connectivity index is 1.89. The Morgan fingerprint density at radius 1 is 1.05 bits per heavy atom. The van der Waals surface area contributed by atoms with Crippen molar-refractivity contribution in [3.8, 4) is 5.75 Å². The molecular weight excluding hydrogens is 248 g/mol. The van der Waals surface area contributed by atoms with Crippen LogP contribution >= 0.6 is 0 Å². The van der Waals surface area contributed by atoms with E-state index >= 15 is 0 Å². The predicted molar refractivity (Wildman–Crippen MR) is 85.4 cm³/mol. The first-order valence-electron chi connectivity index (χ1n) is 6.89. The van der Waals surface area contributed by atoms with Crippen LogP contribution < -0.4 is 15.4 Å². The van der Waals surface area contributed by atoms with E-state index in [0.29, 0.717) is 0 Å². The third kappa shape index (κ3) is 3.67. The Morgan fingerprint density at radius 2 is 1.75 bits per heavy atom. The molecule has 0 saturated heterocycles. The number of anilines is 2. The predicted octanol–water partition coefficient (Wildman–Crippen LogP) is 3.35. The van der Waals surface area contributed by atoms with Gasteiger partial charge in [-0.1, -0.05) is 24.3 Å². The summed E-state index contributed by atoms with van der Waals surface area (Å²) in [6, 6.07) is 16.2. The molecule has 2 aromatic carbocycles. The Labute approximate surface area is 121 Å². The molecule has 20 heavy (non-hydrogen) atoms. The van der Waals surface area contributed by atoms with Gasteiger partial charge in [0, 0.05) is 19.3 Å². The van der Waals surface area contributed by atoms with Crippen LogP contribution in [0.3, 0.4) is 0 Å². The Morgan fingerprint density at radius 3 is 2.45 bits per heavy atom. The summed E-state index contributed by atoms with van der Waals surface area (Å²) in [7, 11) is 3.81. The first-order chi connectivity index (χ1) is 9.70.